The lowest BCUT2D eigenvalue weighted by atomic mass is 10.1. The average molecular weight is 441 g/mol. The molecule has 3 heterocycles. The monoisotopic (exact) mass is 440 g/mol. The summed E-state index contributed by atoms with van der Waals surface area (Å²) in [5.41, 5.74) is 2.05. The van der Waals surface area contributed by atoms with E-state index >= 15 is 0 Å². The lowest BCUT2D eigenvalue weighted by Gasteiger charge is -2.34. The minimum atomic E-state index is -3.66. The van der Waals surface area contributed by atoms with Gasteiger partial charge in [0.05, 0.1) is 23.4 Å². The number of hydrogen-bond acceptors (Lipinski definition) is 6. The van der Waals surface area contributed by atoms with Crippen molar-refractivity contribution in [1.82, 2.24) is 9.21 Å². The van der Waals surface area contributed by atoms with Gasteiger partial charge in [-0.2, -0.15) is 4.31 Å². The van der Waals surface area contributed by atoms with Crippen LogP contribution in [-0.4, -0.2) is 81.5 Å². The number of piperazine rings is 1. The van der Waals surface area contributed by atoms with Gasteiger partial charge in [-0.25, -0.2) is 16.8 Å². The molecule has 0 N–H and O–H groups in total. The summed E-state index contributed by atoms with van der Waals surface area (Å²) in [4.78, 5) is 14.1. The van der Waals surface area contributed by atoms with Crippen molar-refractivity contribution < 1.29 is 26.4 Å². The lowest BCUT2D eigenvalue weighted by Crippen LogP contribution is -2.52. The zero-order valence-corrected chi connectivity index (χ0v) is 17.6. The number of sulfonamides is 1. The summed E-state index contributed by atoms with van der Waals surface area (Å²) in [6.45, 7) is 1.64. The number of sulfone groups is 1. The third kappa shape index (κ3) is 4.34. The maximum atomic E-state index is 12.7. The Morgan fingerprint density at radius 1 is 1.17 bits per heavy atom. The minimum Gasteiger partial charge on any atom is -0.493 e. The Hall–Kier alpha value is -1.91. The molecule has 0 spiro atoms. The van der Waals surface area contributed by atoms with Gasteiger partial charge in [0.25, 0.3) is 0 Å². The Labute approximate surface area is 171 Å². The lowest BCUT2D eigenvalue weighted by molar-refractivity contribution is -0.127. The molecule has 0 saturated carbocycles. The first-order valence-corrected chi connectivity index (χ1v) is 13.0. The Balaban J connectivity index is 1.34. The van der Waals surface area contributed by atoms with Crippen LogP contribution in [0.2, 0.25) is 0 Å². The molecule has 1 unspecified atom stereocenters. The molecule has 158 valence electrons. The van der Waals surface area contributed by atoms with E-state index < -0.39 is 25.1 Å². The molecule has 10 heteroatoms. The molecule has 1 aromatic carbocycles. The third-order valence-electron chi connectivity index (χ3n) is 5.65. The van der Waals surface area contributed by atoms with E-state index in [1.165, 1.54) is 10.4 Å². The highest BCUT2D eigenvalue weighted by atomic mass is 32.2. The number of carbonyl (C=O) groups excluding carboxylic acids is 1. The molecule has 4 rings (SSSR count). The number of amides is 1. The molecule has 1 amide bonds. The van der Waals surface area contributed by atoms with Crippen molar-refractivity contribution in [3.63, 3.8) is 0 Å². The smallest absolute Gasteiger partial charge is 0.246 e. The van der Waals surface area contributed by atoms with Gasteiger partial charge in [-0.05, 0) is 35.8 Å². The summed E-state index contributed by atoms with van der Waals surface area (Å²) in [6.07, 6.45) is 4.28. The van der Waals surface area contributed by atoms with E-state index in [1.54, 1.807) is 11.0 Å². The van der Waals surface area contributed by atoms with Crippen LogP contribution in [0.4, 0.5) is 0 Å². The SMILES string of the molecule is O=C(/C=C/c1ccc2c(c1)CCO2)N1CCN(S(=O)(=O)C2CCS(=O)(=O)C2)CC1. The van der Waals surface area contributed by atoms with Crippen molar-refractivity contribution in [3.05, 3.63) is 35.4 Å². The van der Waals surface area contributed by atoms with E-state index in [0.29, 0.717) is 19.7 Å². The average Bonchev–Trinajstić information content (AvgIpc) is 3.31. The highest BCUT2D eigenvalue weighted by Crippen LogP contribution is 2.26. The molecule has 2 fully saturated rings. The molecular formula is C19H24N2O6S2. The quantitative estimate of drug-likeness (QED) is 0.624. The van der Waals surface area contributed by atoms with Crippen LogP contribution in [0.5, 0.6) is 5.75 Å². The fraction of sp³-hybridized carbons (Fsp3) is 0.526. The van der Waals surface area contributed by atoms with Gasteiger partial charge in [-0.3, -0.25) is 4.79 Å². The van der Waals surface area contributed by atoms with E-state index in [1.807, 2.05) is 18.2 Å². The zero-order valence-electron chi connectivity index (χ0n) is 16.0. The van der Waals surface area contributed by atoms with Crippen molar-refractivity contribution in [3.8, 4) is 5.75 Å². The van der Waals surface area contributed by atoms with E-state index in [-0.39, 0.29) is 36.9 Å². The van der Waals surface area contributed by atoms with Gasteiger partial charge in [-0.15, -0.1) is 0 Å². The highest BCUT2D eigenvalue weighted by molar-refractivity contribution is 7.95. The molecule has 0 aromatic heterocycles. The summed E-state index contributed by atoms with van der Waals surface area (Å²) in [7, 11) is -6.92. The van der Waals surface area contributed by atoms with Crippen molar-refractivity contribution >= 4 is 31.8 Å². The summed E-state index contributed by atoms with van der Waals surface area (Å²) >= 11 is 0. The fourth-order valence-electron chi connectivity index (χ4n) is 3.95. The van der Waals surface area contributed by atoms with Crippen LogP contribution in [0, 0.1) is 0 Å². The maximum absolute atomic E-state index is 12.7. The molecule has 0 aliphatic carbocycles. The van der Waals surface area contributed by atoms with Crippen LogP contribution in [0.3, 0.4) is 0 Å². The molecule has 1 atom stereocenters. The van der Waals surface area contributed by atoms with E-state index in [0.717, 1.165) is 23.3 Å². The van der Waals surface area contributed by atoms with Crippen LogP contribution >= 0.6 is 0 Å². The number of benzene rings is 1. The predicted molar refractivity (Wildman–Crippen MR) is 109 cm³/mol. The normalized spacial score (nSPS) is 24.6. The number of rotatable bonds is 4. The number of carbonyl (C=O) groups is 1. The first-order valence-electron chi connectivity index (χ1n) is 9.67. The zero-order chi connectivity index (χ0) is 20.6. The van der Waals surface area contributed by atoms with Crippen LogP contribution in [-0.2, 0) is 31.1 Å². The second-order valence-corrected chi connectivity index (χ2v) is 12.0. The molecule has 29 heavy (non-hydrogen) atoms. The summed E-state index contributed by atoms with van der Waals surface area (Å²) in [5, 5.41) is -0.863. The van der Waals surface area contributed by atoms with Gasteiger partial charge in [0.1, 0.15) is 5.75 Å². The Bertz CT molecular complexity index is 1040. The standard InChI is InChI=1S/C19H24N2O6S2/c22-19(4-2-15-1-3-18-16(13-15)5-11-27-18)20-7-9-21(10-8-20)29(25,26)17-6-12-28(23,24)14-17/h1-4,13,17H,5-12,14H2/b4-2+. The fourth-order valence-corrected chi connectivity index (χ4v) is 8.46. The number of ether oxygens (including phenoxy) is 1. The Morgan fingerprint density at radius 2 is 1.93 bits per heavy atom. The summed E-state index contributed by atoms with van der Waals surface area (Å²) in [5.74, 6) is 0.348. The molecule has 2 saturated heterocycles. The Kier molecular flexibility index (Phi) is 5.43. The third-order valence-corrected chi connectivity index (χ3v) is 9.96. The maximum Gasteiger partial charge on any atom is 0.246 e. The van der Waals surface area contributed by atoms with Crippen LogP contribution in [0.15, 0.2) is 24.3 Å². The first-order chi connectivity index (χ1) is 13.7. The van der Waals surface area contributed by atoms with E-state index in [2.05, 4.69) is 0 Å². The summed E-state index contributed by atoms with van der Waals surface area (Å²) < 4.78 is 55.4. The van der Waals surface area contributed by atoms with Gasteiger partial charge in [0, 0.05) is 38.7 Å². The molecule has 3 aliphatic rings. The van der Waals surface area contributed by atoms with Crippen molar-refractivity contribution in [2.75, 3.05) is 44.3 Å². The van der Waals surface area contributed by atoms with Crippen LogP contribution < -0.4 is 4.74 Å². The van der Waals surface area contributed by atoms with Crippen molar-refractivity contribution in [2.24, 2.45) is 0 Å². The highest BCUT2D eigenvalue weighted by Gasteiger charge is 2.41. The number of hydrogen-bond donors (Lipinski definition) is 0. The van der Waals surface area contributed by atoms with Crippen molar-refractivity contribution in [1.29, 1.82) is 0 Å². The summed E-state index contributed by atoms with van der Waals surface area (Å²) in [6, 6.07) is 5.81. The molecule has 0 radical (unpaired) electrons. The minimum absolute atomic E-state index is 0.0744. The molecule has 3 aliphatic heterocycles. The second-order valence-electron chi connectivity index (χ2n) is 7.59. The Morgan fingerprint density at radius 3 is 2.62 bits per heavy atom. The molecular weight excluding hydrogens is 416 g/mol. The van der Waals surface area contributed by atoms with Crippen molar-refractivity contribution in [2.45, 2.75) is 18.1 Å². The number of nitrogens with zero attached hydrogens (tertiary/aromatic N) is 2. The van der Waals surface area contributed by atoms with Gasteiger partial charge >= 0.3 is 0 Å². The van der Waals surface area contributed by atoms with E-state index in [9.17, 15) is 21.6 Å². The number of fused-ring (bicyclic) bond motifs is 1. The first kappa shape index (κ1) is 20.4. The molecule has 1 aromatic rings. The second kappa shape index (κ2) is 7.73. The van der Waals surface area contributed by atoms with Gasteiger partial charge in [-0.1, -0.05) is 6.07 Å². The van der Waals surface area contributed by atoms with Gasteiger partial charge in [0.2, 0.25) is 15.9 Å². The topological polar surface area (TPSA) is 101 Å². The van der Waals surface area contributed by atoms with E-state index in [4.69, 9.17) is 4.74 Å². The predicted octanol–water partition coefficient (Wildman–Crippen LogP) is 0.296. The van der Waals surface area contributed by atoms with Crippen LogP contribution in [0.25, 0.3) is 6.08 Å². The van der Waals surface area contributed by atoms with Crippen LogP contribution in [0.1, 0.15) is 17.5 Å². The van der Waals surface area contributed by atoms with Gasteiger partial charge < -0.3 is 9.64 Å². The molecule has 0 bridgehead atoms. The van der Waals surface area contributed by atoms with Gasteiger partial charge in [0.15, 0.2) is 9.84 Å². The largest absolute Gasteiger partial charge is 0.493 e. The molecule has 8 nitrogen and oxygen atoms in total.